The van der Waals surface area contributed by atoms with E-state index in [2.05, 4.69) is 11.6 Å². The number of rotatable bonds is 6. The summed E-state index contributed by atoms with van der Waals surface area (Å²) in [6, 6.07) is 0. The molecule has 17 heavy (non-hydrogen) atoms. The van der Waals surface area contributed by atoms with Crippen LogP contribution in [0.3, 0.4) is 0 Å². The normalized spacial score (nSPS) is 30.4. The van der Waals surface area contributed by atoms with Crippen LogP contribution in [-0.2, 0) is 14.8 Å². The minimum Gasteiger partial charge on any atom is -0.384 e. The molecule has 0 atom stereocenters. The summed E-state index contributed by atoms with van der Waals surface area (Å²) in [4.78, 5) is 0. The van der Waals surface area contributed by atoms with E-state index >= 15 is 0 Å². The molecule has 0 saturated heterocycles. The molecule has 1 aliphatic carbocycles. The molecule has 0 aromatic heterocycles. The first-order valence-corrected chi connectivity index (χ1v) is 7.79. The quantitative estimate of drug-likeness (QED) is 0.730. The smallest absolute Gasteiger partial charge is 0.214 e. The van der Waals surface area contributed by atoms with Crippen LogP contribution in [0.4, 0.5) is 0 Å². The van der Waals surface area contributed by atoms with Gasteiger partial charge in [0, 0.05) is 19.2 Å². The van der Waals surface area contributed by atoms with Crippen LogP contribution in [0.25, 0.3) is 0 Å². The molecule has 0 spiro atoms. The van der Waals surface area contributed by atoms with E-state index in [9.17, 15) is 8.42 Å². The fraction of sp³-hybridized carbons (Fsp3) is 1.00. The summed E-state index contributed by atoms with van der Waals surface area (Å²) in [5.41, 5.74) is 5.33. The van der Waals surface area contributed by atoms with Crippen LogP contribution in [0, 0.1) is 5.92 Å². The van der Waals surface area contributed by atoms with Crippen molar-refractivity contribution in [3.05, 3.63) is 0 Å². The van der Waals surface area contributed by atoms with Gasteiger partial charge in [0.2, 0.25) is 10.0 Å². The highest BCUT2D eigenvalue weighted by Gasteiger charge is 2.36. The number of hydrogen-bond acceptors (Lipinski definition) is 4. The van der Waals surface area contributed by atoms with Crippen molar-refractivity contribution in [2.45, 2.75) is 38.1 Å². The van der Waals surface area contributed by atoms with Crippen LogP contribution in [0.1, 0.15) is 32.6 Å². The molecule has 0 bridgehead atoms. The maximum Gasteiger partial charge on any atom is 0.214 e. The van der Waals surface area contributed by atoms with E-state index in [-0.39, 0.29) is 12.4 Å². The molecule has 0 heterocycles. The van der Waals surface area contributed by atoms with Gasteiger partial charge in [0.1, 0.15) is 0 Å². The Morgan fingerprint density at radius 2 is 2.00 bits per heavy atom. The molecular weight excluding hydrogens is 240 g/mol. The third-order valence-electron chi connectivity index (χ3n) is 3.55. The van der Waals surface area contributed by atoms with Gasteiger partial charge >= 0.3 is 0 Å². The Morgan fingerprint density at radius 1 is 1.41 bits per heavy atom. The molecule has 1 fully saturated rings. The Bertz CT molecular complexity index is 322. The molecule has 0 amide bonds. The lowest BCUT2D eigenvalue weighted by molar-refractivity contribution is 0.213. The molecule has 1 rings (SSSR count). The highest BCUT2D eigenvalue weighted by Crippen LogP contribution is 2.31. The lowest BCUT2D eigenvalue weighted by atomic mass is 9.78. The molecule has 0 aromatic carbocycles. The summed E-state index contributed by atoms with van der Waals surface area (Å²) in [7, 11) is -1.79. The van der Waals surface area contributed by atoms with E-state index in [1.807, 2.05) is 0 Å². The maximum absolute atomic E-state index is 11.9. The molecule has 102 valence electrons. The van der Waals surface area contributed by atoms with Crippen molar-refractivity contribution in [3.63, 3.8) is 0 Å². The Hall–Kier alpha value is -0.170. The number of nitrogens with two attached hydrogens (primary N) is 1. The Labute approximate surface area is 104 Å². The van der Waals surface area contributed by atoms with Gasteiger partial charge in [-0.2, -0.15) is 0 Å². The summed E-state index contributed by atoms with van der Waals surface area (Å²) in [5, 5.41) is 0. The number of hydrogen-bond donors (Lipinski definition) is 2. The van der Waals surface area contributed by atoms with Crippen molar-refractivity contribution in [3.8, 4) is 0 Å². The maximum atomic E-state index is 11.9. The van der Waals surface area contributed by atoms with Crippen LogP contribution >= 0.6 is 0 Å². The van der Waals surface area contributed by atoms with E-state index < -0.39 is 15.6 Å². The predicted molar refractivity (Wildman–Crippen MR) is 68.2 cm³/mol. The number of nitrogens with one attached hydrogen (secondary N) is 1. The van der Waals surface area contributed by atoms with Crippen molar-refractivity contribution in [1.29, 1.82) is 0 Å². The van der Waals surface area contributed by atoms with Gasteiger partial charge in [-0.1, -0.05) is 6.92 Å². The summed E-state index contributed by atoms with van der Waals surface area (Å²) < 4.78 is 31.3. The first-order valence-electron chi connectivity index (χ1n) is 6.14. The molecule has 0 radical (unpaired) electrons. The number of sulfonamides is 1. The average molecular weight is 264 g/mol. The summed E-state index contributed by atoms with van der Waals surface area (Å²) in [5.74, 6) is 0.666. The summed E-state index contributed by atoms with van der Waals surface area (Å²) in [6.07, 6.45) is 3.72. The topological polar surface area (TPSA) is 81.4 Å². The summed E-state index contributed by atoms with van der Waals surface area (Å²) in [6.45, 7) is 2.78. The molecule has 6 heteroatoms. The molecule has 0 aromatic rings. The minimum atomic E-state index is -3.29. The minimum absolute atomic E-state index is 0.000797. The average Bonchev–Trinajstić information content (AvgIpc) is 2.30. The van der Waals surface area contributed by atoms with Crippen molar-refractivity contribution in [2.75, 3.05) is 26.0 Å². The van der Waals surface area contributed by atoms with Crippen molar-refractivity contribution in [2.24, 2.45) is 11.7 Å². The van der Waals surface area contributed by atoms with Gasteiger partial charge in [-0.05, 0) is 31.6 Å². The largest absolute Gasteiger partial charge is 0.384 e. The molecule has 3 N–H and O–H groups in total. The zero-order valence-corrected chi connectivity index (χ0v) is 11.6. The predicted octanol–water partition coefficient (Wildman–Crippen LogP) is 0.460. The first-order chi connectivity index (χ1) is 7.93. The van der Waals surface area contributed by atoms with E-state index in [0.717, 1.165) is 25.7 Å². The molecule has 5 nitrogen and oxygen atoms in total. The van der Waals surface area contributed by atoms with E-state index in [4.69, 9.17) is 10.5 Å². The van der Waals surface area contributed by atoms with Gasteiger partial charge in [-0.25, -0.2) is 13.1 Å². The third kappa shape index (κ3) is 4.54. The van der Waals surface area contributed by atoms with Gasteiger partial charge in [-0.15, -0.1) is 0 Å². The van der Waals surface area contributed by atoms with Crippen LogP contribution in [0.5, 0.6) is 0 Å². The lowest BCUT2D eigenvalue weighted by Crippen LogP contribution is -2.56. The second kappa shape index (κ2) is 6.13. The van der Waals surface area contributed by atoms with E-state index in [0.29, 0.717) is 12.5 Å². The fourth-order valence-corrected chi connectivity index (χ4v) is 3.67. The molecule has 0 unspecified atom stereocenters. The van der Waals surface area contributed by atoms with Gasteiger partial charge in [0.25, 0.3) is 0 Å². The third-order valence-corrected chi connectivity index (χ3v) is 5.00. The first kappa shape index (κ1) is 14.9. The zero-order chi connectivity index (χ0) is 12.9. The number of methoxy groups -OCH3 is 1. The molecule has 1 aliphatic rings. The standard InChI is InChI=1S/C11H24N2O3S/c1-10-3-5-11(9-12,6-4-10)13-17(14,15)8-7-16-2/h10,13H,3-9,12H2,1-2H3. The van der Waals surface area contributed by atoms with Crippen LogP contribution in [-0.4, -0.2) is 40.0 Å². The van der Waals surface area contributed by atoms with Crippen LogP contribution < -0.4 is 10.5 Å². The van der Waals surface area contributed by atoms with Crippen LogP contribution in [0.2, 0.25) is 0 Å². The summed E-state index contributed by atoms with van der Waals surface area (Å²) >= 11 is 0. The number of ether oxygens (including phenoxy) is 1. The van der Waals surface area contributed by atoms with Crippen LogP contribution in [0.15, 0.2) is 0 Å². The van der Waals surface area contributed by atoms with Crippen molar-refractivity contribution < 1.29 is 13.2 Å². The zero-order valence-electron chi connectivity index (χ0n) is 10.7. The second-order valence-corrected chi connectivity index (χ2v) is 6.92. The van der Waals surface area contributed by atoms with Gasteiger partial charge < -0.3 is 10.5 Å². The SMILES string of the molecule is COCCS(=O)(=O)NC1(CN)CCC(C)CC1. The van der Waals surface area contributed by atoms with Gasteiger partial charge in [0.15, 0.2) is 0 Å². The highest BCUT2D eigenvalue weighted by atomic mass is 32.2. The Balaban J connectivity index is 2.62. The monoisotopic (exact) mass is 264 g/mol. The van der Waals surface area contributed by atoms with Gasteiger partial charge in [0.05, 0.1) is 12.4 Å². The van der Waals surface area contributed by atoms with Crippen molar-refractivity contribution in [1.82, 2.24) is 4.72 Å². The fourth-order valence-electron chi connectivity index (χ4n) is 2.24. The molecule has 0 aliphatic heterocycles. The second-order valence-electron chi connectivity index (χ2n) is 5.08. The Morgan fingerprint density at radius 3 is 2.47 bits per heavy atom. The van der Waals surface area contributed by atoms with E-state index in [1.54, 1.807) is 0 Å². The Kier molecular flexibility index (Phi) is 5.37. The highest BCUT2D eigenvalue weighted by molar-refractivity contribution is 7.89. The van der Waals surface area contributed by atoms with Crippen molar-refractivity contribution >= 4 is 10.0 Å². The molecular formula is C11H24N2O3S. The molecule has 1 saturated carbocycles. The van der Waals surface area contributed by atoms with E-state index in [1.165, 1.54) is 7.11 Å². The van der Waals surface area contributed by atoms with Gasteiger partial charge in [-0.3, -0.25) is 0 Å². The lowest BCUT2D eigenvalue weighted by Gasteiger charge is -2.38.